The fourth-order valence-electron chi connectivity index (χ4n) is 3.43. The molecule has 1 aromatic carbocycles. The van der Waals surface area contributed by atoms with Crippen molar-refractivity contribution in [3.05, 3.63) is 60.4 Å². The molecule has 0 spiro atoms. The summed E-state index contributed by atoms with van der Waals surface area (Å²) in [5.41, 5.74) is 1.80. The van der Waals surface area contributed by atoms with Crippen LogP contribution in [-0.2, 0) is 19.1 Å². The fourth-order valence-corrected chi connectivity index (χ4v) is 3.43. The van der Waals surface area contributed by atoms with Crippen molar-refractivity contribution in [1.82, 2.24) is 9.88 Å². The number of ether oxygens (including phenoxy) is 2. The Hall–Kier alpha value is -3.48. The number of aromatic nitrogens is 1. The first-order valence-corrected chi connectivity index (χ1v) is 10.8. The lowest BCUT2D eigenvalue weighted by atomic mass is 9.92. The molecule has 2 aromatic rings. The number of benzene rings is 1. The average Bonchev–Trinajstić information content (AvgIpc) is 2.71. The second-order valence-corrected chi connectivity index (χ2v) is 9.93. The minimum Gasteiger partial charge on any atom is -0.458 e. The predicted molar refractivity (Wildman–Crippen MR) is 125 cm³/mol. The molecule has 0 radical (unpaired) electrons. The van der Waals surface area contributed by atoms with Crippen LogP contribution in [0, 0.1) is 0 Å². The normalized spacial score (nSPS) is 16.8. The zero-order valence-corrected chi connectivity index (χ0v) is 19.9. The van der Waals surface area contributed by atoms with Crippen molar-refractivity contribution < 1.29 is 23.9 Å². The lowest BCUT2D eigenvalue weighted by molar-refractivity contribution is -0.163. The standard InChI is InChI=1S/C26H30N2O5/c1-25(2,3)32-23(30)21-14-20(15-22(29)28(21)24(31)33-26(4,5)6)18-11-9-17(10-12-18)19-8-7-13-27-16-19/h7-13,15-16,21H,14H2,1-6H3/t21-/m1/s1. The molecule has 174 valence electrons. The first kappa shape index (κ1) is 24.2. The molecule has 0 fully saturated rings. The van der Waals surface area contributed by atoms with Gasteiger partial charge >= 0.3 is 12.1 Å². The lowest BCUT2D eigenvalue weighted by Crippen LogP contribution is -2.53. The largest absolute Gasteiger partial charge is 0.458 e. The minimum absolute atomic E-state index is 0.131. The summed E-state index contributed by atoms with van der Waals surface area (Å²) in [5.74, 6) is -1.27. The van der Waals surface area contributed by atoms with Crippen molar-refractivity contribution in [3.63, 3.8) is 0 Å². The van der Waals surface area contributed by atoms with E-state index >= 15 is 0 Å². The van der Waals surface area contributed by atoms with Gasteiger partial charge in [-0.25, -0.2) is 14.5 Å². The van der Waals surface area contributed by atoms with E-state index in [0.29, 0.717) is 5.57 Å². The highest BCUT2D eigenvalue weighted by Gasteiger charge is 2.42. The number of rotatable bonds is 3. The van der Waals surface area contributed by atoms with Crippen LogP contribution < -0.4 is 0 Å². The molecule has 0 saturated carbocycles. The SMILES string of the molecule is CC(C)(C)OC(=O)[C@H]1CC(c2ccc(-c3cccnc3)cc2)=CC(=O)N1C(=O)OC(C)(C)C. The van der Waals surface area contributed by atoms with Gasteiger partial charge in [0.25, 0.3) is 5.91 Å². The summed E-state index contributed by atoms with van der Waals surface area (Å²) in [6.45, 7) is 10.3. The zero-order chi connectivity index (χ0) is 24.4. The van der Waals surface area contributed by atoms with Gasteiger partial charge in [0, 0.05) is 24.9 Å². The second-order valence-electron chi connectivity index (χ2n) is 9.93. The van der Waals surface area contributed by atoms with Crippen LogP contribution in [0.25, 0.3) is 16.7 Å². The molecule has 3 rings (SSSR count). The Labute approximate surface area is 194 Å². The molecule has 1 aromatic heterocycles. The zero-order valence-electron chi connectivity index (χ0n) is 19.9. The number of esters is 1. The summed E-state index contributed by atoms with van der Waals surface area (Å²) in [7, 11) is 0. The van der Waals surface area contributed by atoms with Crippen molar-refractivity contribution in [2.45, 2.75) is 65.2 Å². The highest BCUT2D eigenvalue weighted by molar-refractivity contribution is 6.08. The molecule has 0 unspecified atom stereocenters. The first-order valence-electron chi connectivity index (χ1n) is 10.8. The van der Waals surface area contributed by atoms with Crippen LogP contribution in [0.5, 0.6) is 0 Å². The monoisotopic (exact) mass is 450 g/mol. The van der Waals surface area contributed by atoms with Gasteiger partial charge in [-0.2, -0.15) is 0 Å². The van der Waals surface area contributed by atoms with E-state index in [-0.39, 0.29) is 6.42 Å². The molecule has 1 aliphatic heterocycles. The maximum absolute atomic E-state index is 13.0. The van der Waals surface area contributed by atoms with E-state index in [2.05, 4.69) is 4.98 Å². The molecular formula is C26H30N2O5. The summed E-state index contributed by atoms with van der Waals surface area (Å²) in [4.78, 5) is 43.8. The molecule has 1 atom stereocenters. The van der Waals surface area contributed by atoms with Gasteiger partial charge < -0.3 is 9.47 Å². The minimum atomic E-state index is -1.12. The van der Waals surface area contributed by atoms with Gasteiger partial charge in [0.15, 0.2) is 0 Å². The summed E-state index contributed by atoms with van der Waals surface area (Å²) >= 11 is 0. The van der Waals surface area contributed by atoms with E-state index in [9.17, 15) is 14.4 Å². The fraction of sp³-hybridized carbons (Fsp3) is 0.385. The first-order chi connectivity index (χ1) is 15.3. The molecule has 0 bridgehead atoms. The van der Waals surface area contributed by atoms with Gasteiger partial charge in [-0.1, -0.05) is 30.3 Å². The maximum Gasteiger partial charge on any atom is 0.418 e. The van der Waals surface area contributed by atoms with E-state index in [1.54, 1.807) is 53.9 Å². The molecular weight excluding hydrogens is 420 g/mol. The third kappa shape index (κ3) is 6.28. The Bertz CT molecular complexity index is 1060. The summed E-state index contributed by atoms with van der Waals surface area (Å²) < 4.78 is 10.9. The highest BCUT2D eigenvalue weighted by atomic mass is 16.6. The van der Waals surface area contributed by atoms with Gasteiger partial charge in [-0.15, -0.1) is 0 Å². The molecule has 1 aliphatic rings. The van der Waals surface area contributed by atoms with Crippen LogP contribution in [0.3, 0.4) is 0 Å². The van der Waals surface area contributed by atoms with Gasteiger partial charge in [0.2, 0.25) is 0 Å². The molecule has 7 nitrogen and oxygen atoms in total. The third-order valence-corrected chi connectivity index (χ3v) is 4.78. The Morgan fingerprint density at radius 1 is 0.909 bits per heavy atom. The molecule has 7 heteroatoms. The quantitative estimate of drug-likeness (QED) is 0.611. The molecule has 2 amide bonds. The number of hydrogen-bond acceptors (Lipinski definition) is 6. The van der Waals surface area contributed by atoms with Crippen molar-refractivity contribution in [2.24, 2.45) is 0 Å². The smallest absolute Gasteiger partial charge is 0.418 e. The van der Waals surface area contributed by atoms with Crippen LogP contribution >= 0.6 is 0 Å². The van der Waals surface area contributed by atoms with Crippen LogP contribution in [0.15, 0.2) is 54.9 Å². The van der Waals surface area contributed by atoms with Crippen LogP contribution in [0.1, 0.15) is 53.5 Å². The van der Waals surface area contributed by atoms with Crippen molar-refractivity contribution in [2.75, 3.05) is 0 Å². The predicted octanol–water partition coefficient (Wildman–Crippen LogP) is 5.01. The second kappa shape index (κ2) is 9.17. The van der Waals surface area contributed by atoms with E-state index in [1.165, 1.54) is 6.08 Å². The number of hydrogen-bond donors (Lipinski definition) is 0. The number of nitrogens with zero attached hydrogens (tertiary/aromatic N) is 2. The molecule has 2 heterocycles. The van der Waals surface area contributed by atoms with E-state index < -0.39 is 35.2 Å². The topological polar surface area (TPSA) is 85.8 Å². The van der Waals surface area contributed by atoms with Crippen LogP contribution in [0.4, 0.5) is 4.79 Å². The van der Waals surface area contributed by atoms with Crippen molar-refractivity contribution >= 4 is 23.5 Å². The van der Waals surface area contributed by atoms with Gasteiger partial charge in [0.1, 0.15) is 17.2 Å². The average molecular weight is 451 g/mol. The van der Waals surface area contributed by atoms with Crippen LogP contribution in [-0.4, -0.2) is 45.1 Å². The Morgan fingerprint density at radius 2 is 1.52 bits per heavy atom. The summed E-state index contributed by atoms with van der Waals surface area (Å²) in [5, 5.41) is 0. The van der Waals surface area contributed by atoms with Crippen molar-refractivity contribution in [1.29, 1.82) is 0 Å². The van der Waals surface area contributed by atoms with E-state index in [1.807, 2.05) is 36.4 Å². The molecule has 33 heavy (non-hydrogen) atoms. The van der Waals surface area contributed by atoms with Crippen LogP contribution in [0.2, 0.25) is 0 Å². The molecule has 0 aliphatic carbocycles. The number of carbonyl (C=O) groups is 3. The van der Waals surface area contributed by atoms with Gasteiger partial charge in [-0.3, -0.25) is 9.78 Å². The number of carbonyl (C=O) groups excluding carboxylic acids is 3. The Balaban J connectivity index is 1.92. The van der Waals surface area contributed by atoms with E-state index in [4.69, 9.17) is 9.47 Å². The van der Waals surface area contributed by atoms with Gasteiger partial charge in [-0.05, 0) is 69.9 Å². The number of imide groups is 1. The Morgan fingerprint density at radius 3 is 2.06 bits per heavy atom. The number of amides is 2. The lowest BCUT2D eigenvalue weighted by Gasteiger charge is -2.35. The summed E-state index contributed by atoms with van der Waals surface area (Å²) in [6.07, 6.45) is 4.13. The maximum atomic E-state index is 13.0. The third-order valence-electron chi connectivity index (χ3n) is 4.78. The molecule has 0 saturated heterocycles. The Kier molecular flexibility index (Phi) is 6.72. The van der Waals surface area contributed by atoms with Gasteiger partial charge in [0.05, 0.1) is 0 Å². The summed E-state index contributed by atoms with van der Waals surface area (Å²) in [6, 6.07) is 10.3. The van der Waals surface area contributed by atoms with Crippen molar-refractivity contribution in [3.8, 4) is 11.1 Å². The molecule has 0 N–H and O–H groups in total. The van der Waals surface area contributed by atoms with E-state index in [0.717, 1.165) is 21.6 Å². The highest BCUT2D eigenvalue weighted by Crippen LogP contribution is 2.31. The number of pyridine rings is 1.